The second kappa shape index (κ2) is 6.93. The minimum Gasteiger partial charge on any atom is -0.383 e. The van der Waals surface area contributed by atoms with Gasteiger partial charge in [-0.2, -0.15) is 0 Å². The highest BCUT2D eigenvalue weighted by Gasteiger charge is 2.15. The SMILES string of the molecule is COCC(CCl)NC(=O)c1cc(F)ccc1Br. The summed E-state index contributed by atoms with van der Waals surface area (Å²) in [5.41, 5.74) is 0.233. The van der Waals surface area contributed by atoms with Gasteiger partial charge < -0.3 is 10.1 Å². The topological polar surface area (TPSA) is 38.3 Å². The lowest BCUT2D eigenvalue weighted by Crippen LogP contribution is -2.39. The van der Waals surface area contributed by atoms with E-state index in [1.807, 2.05) is 0 Å². The van der Waals surface area contributed by atoms with E-state index in [0.29, 0.717) is 11.1 Å². The van der Waals surface area contributed by atoms with Gasteiger partial charge in [0.2, 0.25) is 0 Å². The monoisotopic (exact) mass is 323 g/mol. The van der Waals surface area contributed by atoms with Crippen molar-refractivity contribution in [3.05, 3.63) is 34.1 Å². The Bertz CT molecular complexity index is 403. The maximum atomic E-state index is 13.0. The number of methoxy groups -OCH3 is 1. The molecule has 0 aromatic heterocycles. The molecule has 3 nitrogen and oxygen atoms in total. The highest BCUT2D eigenvalue weighted by Crippen LogP contribution is 2.17. The van der Waals surface area contributed by atoms with Crippen molar-refractivity contribution in [2.75, 3.05) is 19.6 Å². The average Bonchev–Trinajstić information content (AvgIpc) is 2.31. The zero-order chi connectivity index (χ0) is 12.8. The summed E-state index contributed by atoms with van der Waals surface area (Å²) in [6.07, 6.45) is 0. The van der Waals surface area contributed by atoms with E-state index in [-0.39, 0.29) is 23.4 Å². The lowest BCUT2D eigenvalue weighted by molar-refractivity contribution is 0.0905. The molecular formula is C11H12BrClFNO2. The van der Waals surface area contributed by atoms with Crippen molar-refractivity contribution in [2.45, 2.75) is 6.04 Å². The van der Waals surface area contributed by atoms with Crippen molar-refractivity contribution in [3.63, 3.8) is 0 Å². The number of amides is 1. The number of nitrogens with one attached hydrogen (secondary N) is 1. The Morgan fingerprint density at radius 2 is 2.35 bits per heavy atom. The van der Waals surface area contributed by atoms with Crippen molar-refractivity contribution in [3.8, 4) is 0 Å². The molecule has 0 fully saturated rings. The summed E-state index contributed by atoms with van der Waals surface area (Å²) in [6.45, 7) is 0.308. The van der Waals surface area contributed by atoms with Gasteiger partial charge in [-0.1, -0.05) is 0 Å². The highest BCUT2D eigenvalue weighted by molar-refractivity contribution is 9.10. The number of carbonyl (C=O) groups excluding carboxylic acids is 1. The first kappa shape index (κ1) is 14.4. The Morgan fingerprint density at radius 1 is 1.65 bits per heavy atom. The zero-order valence-corrected chi connectivity index (χ0v) is 11.5. The summed E-state index contributed by atoms with van der Waals surface area (Å²) in [4.78, 5) is 11.8. The summed E-state index contributed by atoms with van der Waals surface area (Å²) in [7, 11) is 1.52. The third kappa shape index (κ3) is 4.26. The first-order chi connectivity index (χ1) is 8.08. The number of rotatable bonds is 5. The van der Waals surface area contributed by atoms with E-state index in [4.69, 9.17) is 16.3 Å². The third-order valence-electron chi connectivity index (χ3n) is 2.06. The fourth-order valence-electron chi connectivity index (χ4n) is 1.26. The first-order valence-electron chi connectivity index (χ1n) is 4.89. The summed E-state index contributed by atoms with van der Waals surface area (Å²) in [5, 5.41) is 2.66. The number of ether oxygens (including phenoxy) is 1. The molecule has 1 unspecified atom stereocenters. The van der Waals surface area contributed by atoms with Gasteiger partial charge in [0.1, 0.15) is 5.82 Å². The number of benzene rings is 1. The van der Waals surface area contributed by atoms with E-state index in [1.54, 1.807) is 0 Å². The van der Waals surface area contributed by atoms with Crippen LogP contribution in [0.3, 0.4) is 0 Å². The molecule has 6 heteroatoms. The minimum atomic E-state index is -0.465. The number of hydrogen-bond donors (Lipinski definition) is 1. The van der Waals surface area contributed by atoms with Gasteiger partial charge in [0, 0.05) is 17.5 Å². The van der Waals surface area contributed by atoms with Gasteiger partial charge in [0.05, 0.1) is 18.2 Å². The molecule has 1 aromatic rings. The Morgan fingerprint density at radius 3 is 2.94 bits per heavy atom. The van der Waals surface area contributed by atoms with Gasteiger partial charge in [0.25, 0.3) is 5.91 Å². The predicted octanol–water partition coefficient (Wildman–Crippen LogP) is 2.57. The van der Waals surface area contributed by atoms with Crippen LogP contribution in [0.4, 0.5) is 4.39 Å². The summed E-state index contributed by atoms with van der Waals surface area (Å²) in [5.74, 6) is -0.626. The van der Waals surface area contributed by atoms with E-state index in [9.17, 15) is 9.18 Å². The Labute approximate surface area is 112 Å². The molecule has 0 saturated heterocycles. The lowest BCUT2D eigenvalue weighted by Gasteiger charge is -2.15. The van der Waals surface area contributed by atoms with Crippen molar-refractivity contribution in [2.24, 2.45) is 0 Å². The van der Waals surface area contributed by atoms with Crippen LogP contribution >= 0.6 is 27.5 Å². The normalized spacial score (nSPS) is 12.2. The van der Waals surface area contributed by atoms with Crippen molar-refractivity contribution < 1.29 is 13.9 Å². The molecule has 0 spiro atoms. The molecule has 0 saturated carbocycles. The van der Waals surface area contributed by atoms with Gasteiger partial charge >= 0.3 is 0 Å². The van der Waals surface area contributed by atoms with Crippen molar-refractivity contribution in [1.82, 2.24) is 5.32 Å². The molecule has 1 amide bonds. The van der Waals surface area contributed by atoms with Crippen LogP contribution in [0.2, 0.25) is 0 Å². The number of hydrogen-bond acceptors (Lipinski definition) is 2. The molecule has 17 heavy (non-hydrogen) atoms. The van der Waals surface area contributed by atoms with E-state index in [1.165, 1.54) is 19.2 Å². The van der Waals surface area contributed by atoms with E-state index >= 15 is 0 Å². The van der Waals surface area contributed by atoms with Crippen molar-refractivity contribution >= 4 is 33.4 Å². The smallest absolute Gasteiger partial charge is 0.252 e. The van der Waals surface area contributed by atoms with E-state index in [2.05, 4.69) is 21.2 Å². The second-order valence-electron chi connectivity index (χ2n) is 3.40. The molecule has 0 heterocycles. The van der Waals surface area contributed by atoms with Crippen molar-refractivity contribution in [1.29, 1.82) is 0 Å². The van der Waals surface area contributed by atoms with Crippen LogP contribution in [0.25, 0.3) is 0 Å². The summed E-state index contributed by atoms with van der Waals surface area (Å²) >= 11 is 8.86. The molecular weight excluding hydrogens is 312 g/mol. The first-order valence-corrected chi connectivity index (χ1v) is 6.22. The maximum absolute atomic E-state index is 13.0. The molecule has 1 atom stereocenters. The second-order valence-corrected chi connectivity index (χ2v) is 4.57. The van der Waals surface area contributed by atoms with Gasteiger partial charge in [-0.05, 0) is 34.1 Å². The molecule has 1 aromatic carbocycles. The number of alkyl halides is 1. The summed E-state index contributed by atoms with van der Waals surface area (Å²) < 4.78 is 18.5. The largest absolute Gasteiger partial charge is 0.383 e. The Hall–Kier alpha value is -0.650. The van der Waals surface area contributed by atoms with Gasteiger partial charge in [-0.3, -0.25) is 4.79 Å². The molecule has 1 rings (SSSR count). The predicted molar refractivity (Wildman–Crippen MR) is 68.0 cm³/mol. The Balaban J connectivity index is 2.78. The minimum absolute atomic E-state index is 0.229. The zero-order valence-electron chi connectivity index (χ0n) is 9.17. The summed E-state index contributed by atoms with van der Waals surface area (Å²) in [6, 6.07) is 3.62. The molecule has 0 aliphatic rings. The van der Waals surface area contributed by atoms with E-state index in [0.717, 1.165) is 6.07 Å². The molecule has 94 valence electrons. The lowest BCUT2D eigenvalue weighted by atomic mass is 10.2. The van der Waals surface area contributed by atoms with Gasteiger partial charge in [-0.25, -0.2) is 4.39 Å². The number of carbonyl (C=O) groups is 1. The van der Waals surface area contributed by atoms with Gasteiger partial charge in [0.15, 0.2) is 0 Å². The fraction of sp³-hybridized carbons (Fsp3) is 0.364. The highest BCUT2D eigenvalue weighted by atomic mass is 79.9. The maximum Gasteiger partial charge on any atom is 0.252 e. The van der Waals surface area contributed by atoms with E-state index < -0.39 is 5.82 Å². The molecule has 0 aliphatic heterocycles. The van der Waals surface area contributed by atoms with Crippen LogP contribution in [0.1, 0.15) is 10.4 Å². The Kier molecular flexibility index (Phi) is 5.88. The molecule has 0 radical (unpaired) electrons. The van der Waals surface area contributed by atoms with Crippen LogP contribution < -0.4 is 5.32 Å². The number of halogens is 3. The van der Waals surface area contributed by atoms with Crippen LogP contribution in [-0.2, 0) is 4.74 Å². The van der Waals surface area contributed by atoms with Gasteiger partial charge in [-0.15, -0.1) is 11.6 Å². The molecule has 1 N–H and O–H groups in total. The quantitative estimate of drug-likeness (QED) is 0.846. The van der Waals surface area contributed by atoms with Crippen LogP contribution in [0.15, 0.2) is 22.7 Å². The van der Waals surface area contributed by atoms with Crippen LogP contribution in [0.5, 0.6) is 0 Å². The van der Waals surface area contributed by atoms with Crippen LogP contribution in [-0.4, -0.2) is 31.5 Å². The third-order valence-corrected chi connectivity index (χ3v) is 3.13. The fourth-order valence-corrected chi connectivity index (χ4v) is 1.85. The standard InChI is InChI=1S/C11H12BrClFNO2/c1-17-6-8(5-13)15-11(16)9-4-7(14)2-3-10(9)12/h2-4,8H,5-6H2,1H3,(H,15,16). The van der Waals surface area contributed by atoms with Crippen LogP contribution in [0, 0.1) is 5.82 Å². The molecule has 0 aliphatic carbocycles. The average molecular weight is 325 g/mol. The molecule has 0 bridgehead atoms.